The van der Waals surface area contributed by atoms with Crippen LogP contribution in [0.5, 0.6) is 11.5 Å². The van der Waals surface area contributed by atoms with Crippen LogP contribution >= 0.6 is 12.4 Å². The molecule has 3 heterocycles. The number of fused-ring (bicyclic) bond motifs is 6. The molecule has 1 amide bonds. The zero-order chi connectivity index (χ0) is 20.8. The van der Waals surface area contributed by atoms with Crippen molar-refractivity contribution in [2.75, 3.05) is 19.9 Å². The Morgan fingerprint density at radius 3 is 2.74 bits per heavy atom. The maximum absolute atomic E-state index is 14.1. The first kappa shape index (κ1) is 21.4. The number of rotatable bonds is 5. The van der Waals surface area contributed by atoms with Gasteiger partial charge in [0.2, 0.25) is 6.79 Å². The van der Waals surface area contributed by atoms with Crippen LogP contribution in [0.4, 0.5) is 4.39 Å². The summed E-state index contributed by atoms with van der Waals surface area (Å²) in [5.41, 5.74) is 15.4. The van der Waals surface area contributed by atoms with Gasteiger partial charge in [-0.25, -0.2) is 4.39 Å². The molecule has 0 saturated heterocycles. The molecule has 0 aliphatic carbocycles. The molecule has 1 aromatic heterocycles. The summed E-state index contributed by atoms with van der Waals surface area (Å²) < 4.78 is 25.2. The predicted octanol–water partition coefficient (Wildman–Crippen LogP) is 3.15. The second kappa shape index (κ2) is 8.37. The van der Waals surface area contributed by atoms with Crippen molar-refractivity contribution < 1.29 is 18.7 Å². The van der Waals surface area contributed by atoms with E-state index in [1.54, 1.807) is 11.0 Å². The van der Waals surface area contributed by atoms with Crippen LogP contribution in [0.25, 0.3) is 22.0 Å². The Labute approximate surface area is 184 Å². The lowest BCUT2D eigenvalue weighted by atomic mass is 9.97. The third kappa shape index (κ3) is 3.71. The van der Waals surface area contributed by atoms with E-state index in [1.165, 1.54) is 12.1 Å². The van der Waals surface area contributed by atoms with Gasteiger partial charge in [-0.1, -0.05) is 0 Å². The van der Waals surface area contributed by atoms with E-state index in [-0.39, 0.29) is 37.0 Å². The molecule has 9 heteroatoms. The third-order valence-corrected chi connectivity index (χ3v) is 5.72. The molecule has 2 aliphatic rings. The fraction of sp³-hybridized carbons (Fsp3) is 0.318. The van der Waals surface area contributed by atoms with Crippen LogP contribution in [0.15, 0.2) is 30.3 Å². The maximum atomic E-state index is 14.1. The van der Waals surface area contributed by atoms with Gasteiger partial charge in [0.25, 0.3) is 5.91 Å². The van der Waals surface area contributed by atoms with Crippen molar-refractivity contribution >= 4 is 29.2 Å². The minimum absolute atomic E-state index is 0. The summed E-state index contributed by atoms with van der Waals surface area (Å²) in [4.78, 5) is 18.4. The van der Waals surface area contributed by atoms with Gasteiger partial charge in [0, 0.05) is 35.6 Å². The molecule has 1 atom stereocenters. The lowest BCUT2D eigenvalue weighted by Gasteiger charge is -2.25. The van der Waals surface area contributed by atoms with Crippen LogP contribution in [0, 0.1) is 5.82 Å². The number of hydrogen-bond donors (Lipinski definition) is 3. The van der Waals surface area contributed by atoms with Crippen LogP contribution in [0.1, 0.15) is 28.9 Å². The summed E-state index contributed by atoms with van der Waals surface area (Å²) in [5.74, 6) is 0.737. The molecule has 164 valence electrons. The van der Waals surface area contributed by atoms with Crippen LogP contribution in [0.3, 0.4) is 0 Å². The van der Waals surface area contributed by atoms with E-state index < -0.39 is 0 Å². The van der Waals surface area contributed by atoms with Crippen molar-refractivity contribution in [3.05, 3.63) is 47.4 Å². The lowest BCUT2D eigenvalue weighted by molar-refractivity contribution is 0.0729. The summed E-state index contributed by atoms with van der Waals surface area (Å²) in [6, 6.07) is 8.07. The largest absolute Gasteiger partial charge is 0.454 e. The molecule has 5 N–H and O–H groups in total. The second-order valence-electron chi connectivity index (χ2n) is 7.80. The zero-order valence-corrected chi connectivity index (χ0v) is 17.6. The molecular weight excluding hydrogens is 423 g/mol. The Bertz CT molecular complexity index is 1150. The number of ether oxygens (including phenoxy) is 2. The van der Waals surface area contributed by atoms with Gasteiger partial charge in [-0.3, -0.25) is 4.79 Å². The first-order valence-corrected chi connectivity index (χ1v) is 10.0. The molecule has 0 saturated carbocycles. The highest BCUT2D eigenvalue weighted by atomic mass is 35.5. The minimum atomic E-state index is -0.357. The van der Waals surface area contributed by atoms with Gasteiger partial charge in [0.05, 0.1) is 0 Å². The fourth-order valence-electron chi connectivity index (χ4n) is 4.29. The van der Waals surface area contributed by atoms with E-state index in [0.717, 1.165) is 24.0 Å². The number of carbonyl (C=O) groups excluding carboxylic acids is 1. The molecule has 7 nitrogen and oxygen atoms in total. The highest BCUT2D eigenvalue weighted by Gasteiger charge is 2.32. The number of nitrogens with one attached hydrogen (secondary N) is 1. The van der Waals surface area contributed by atoms with Gasteiger partial charge in [0.1, 0.15) is 11.5 Å². The molecule has 0 fully saturated rings. The number of aromatic nitrogens is 1. The van der Waals surface area contributed by atoms with Crippen molar-refractivity contribution in [3.8, 4) is 22.6 Å². The first-order chi connectivity index (χ1) is 14.5. The van der Waals surface area contributed by atoms with Gasteiger partial charge in [0.15, 0.2) is 11.5 Å². The highest BCUT2D eigenvalue weighted by molar-refractivity contribution is 6.11. The van der Waals surface area contributed by atoms with Crippen LogP contribution in [-0.2, 0) is 6.54 Å². The molecule has 0 spiro atoms. The Morgan fingerprint density at radius 2 is 1.97 bits per heavy atom. The van der Waals surface area contributed by atoms with Gasteiger partial charge in [-0.05, 0) is 60.8 Å². The highest BCUT2D eigenvalue weighted by Crippen LogP contribution is 2.44. The van der Waals surface area contributed by atoms with Crippen LogP contribution in [-0.4, -0.2) is 41.7 Å². The number of aromatic amines is 1. The lowest BCUT2D eigenvalue weighted by Crippen LogP contribution is -2.40. The number of hydrogen-bond acceptors (Lipinski definition) is 5. The summed E-state index contributed by atoms with van der Waals surface area (Å²) in [5, 5.41) is 0.660. The summed E-state index contributed by atoms with van der Waals surface area (Å²) in [7, 11) is 0. The van der Waals surface area contributed by atoms with Gasteiger partial charge in [-0.15, -0.1) is 12.4 Å². The van der Waals surface area contributed by atoms with E-state index in [0.29, 0.717) is 53.3 Å². The van der Waals surface area contributed by atoms with Crippen molar-refractivity contribution in [3.63, 3.8) is 0 Å². The number of nitrogens with two attached hydrogens (primary N) is 2. The van der Waals surface area contributed by atoms with Crippen molar-refractivity contribution in [1.82, 2.24) is 9.88 Å². The number of nitrogens with zero attached hydrogens (tertiary/aromatic N) is 1. The van der Waals surface area contributed by atoms with Gasteiger partial charge < -0.3 is 30.8 Å². The Kier molecular flexibility index (Phi) is 5.79. The molecular formula is C22H24ClFN4O3. The van der Waals surface area contributed by atoms with Crippen molar-refractivity contribution in [2.45, 2.75) is 25.4 Å². The quantitative estimate of drug-likeness (QED) is 0.558. The van der Waals surface area contributed by atoms with Crippen molar-refractivity contribution in [1.29, 1.82) is 0 Å². The number of halogens is 2. The summed E-state index contributed by atoms with van der Waals surface area (Å²) in [6.45, 7) is 1.49. The van der Waals surface area contributed by atoms with Gasteiger partial charge in [-0.2, -0.15) is 0 Å². The molecule has 3 aromatic rings. The molecule has 0 radical (unpaired) electrons. The van der Waals surface area contributed by atoms with E-state index in [4.69, 9.17) is 20.9 Å². The Balaban J connectivity index is 0.00000231. The maximum Gasteiger partial charge on any atom is 0.271 e. The van der Waals surface area contributed by atoms with E-state index >= 15 is 0 Å². The molecule has 31 heavy (non-hydrogen) atoms. The smallest absolute Gasteiger partial charge is 0.271 e. The second-order valence-corrected chi connectivity index (χ2v) is 7.80. The number of amides is 1. The first-order valence-electron chi connectivity index (χ1n) is 10.0. The average Bonchev–Trinajstić information content (AvgIpc) is 3.31. The molecule has 2 aliphatic heterocycles. The van der Waals surface area contributed by atoms with Gasteiger partial charge >= 0.3 is 0 Å². The standard InChI is InChI=1S/C22H23FN4O3.ClH/c23-13-3-4-17-16(7-13)20-15-8-19-18(29-11-30-19)6-12(15)9-27(22(28)21(20)26-17)10-14(25)2-1-5-24;/h3-4,6-8,14,26H,1-2,5,9-11,24-25H2;1H/t14-;/m0./s1. The van der Waals surface area contributed by atoms with E-state index in [9.17, 15) is 9.18 Å². The molecule has 0 bridgehead atoms. The number of carbonyl (C=O) groups is 1. The Hall–Kier alpha value is -2.81. The normalized spacial score (nSPS) is 15.3. The minimum Gasteiger partial charge on any atom is -0.454 e. The topological polar surface area (TPSA) is 107 Å². The SMILES string of the molecule is Cl.NCCC[C@H](N)CN1Cc2cc3c(cc2-c2c([nH]c4ccc(F)cc24)C1=O)OCO3. The van der Waals surface area contributed by atoms with Crippen LogP contribution < -0.4 is 20.9 Å². The molecule has 5 rings (SSSR count). The molecule has 2 aromatic carbocycles. The number of benzene rings is 2. The molecule has 0 unspecified atom stereocenters. The summed E-state index contributed by atoms with van der Waals surface area (Å²) in [6.07, 6.45) is 1.54. The van der Waals surface area contributed by atoms with Crippen LogP contribution in [0.2, 0.25) is 0 Å². The Morgan fingerprint density at radius 1 is 1.19 bits per heavy atom. The fourth-order valence-corrected chi connectivity index (χ4v) is 4.29. The summed E-state index contributed by atoms with van der Waals surface area (Å²) >= 11 is 0. The van der Waals surface area contributed by atoms with E-state index in [1.807, 2.05) is 12.1 Å². The predicted molar refractivity (Wildman–Crippen MR) is 118 cm³/mol. The average molecular weight is 447 g/mol. The van der Waals surface area contributed by atoms with Crippen molar-refractivity contribution in [2.24, 2.45) is 11.5 Å². The van der Waals surface area contributed by atoms with E-state index in [2.05, 4.69) is 4.98 Å². The third-order valence-electron chi connectivity index (χ3n) is 5.72. The number of H-pyrrole nitrogens is 1. The zero-order valence-electron chi connectivity index (χ0n) is 16.8. The monoisotopic (exact) mass is 446 g/mol.